The second-order valence-corrected chi connectivity index (χ2v) is 6.88. The zero-order chi connectivity index (χ0) is 15.6. The fraction of sp³-hybridized carbons (Fsp3) is 0.875. The predicted octanol–water partition coefficient (Wildman–Crippen LogP) is 3.48. The molecule has 0 bridgehead atoms. The fourth-order valence-electron chi connectivity index (χ4n) is 3.49. The van der Waals surface area contributed by atoms with Crippen LogP contribution >= 0.6 is 0 Å². The van der Waals surface area contributed by atoms with E-state index in [1.165, 1.54) is 0 Å². The van der Waals surface area contributed by atoms with Crippen LogP contribution in [0.1, 0.15) is 67.2 Å². The van der Waals surface area contributed by atoms with Gasteiger partial charge in [-0.25, -0.2) is 0 Å². The van der Waals surface area contributed by atoms with E-state index in [0.29, 0.717) is 12.8 Å². The van der Waals surface area contributed by atoms with Crippen molar-refractivity contribution in [1.29, 1.82) is 0 Å². The molecule has 1 fully saturated rings. The van der Waals surface area contributed by atoms with Crippen molar-refractivity contribution in [2.24, 2.45) is 10.8 Å². The highest BCUT2D eigenvalue weighted by Gasteiger charge is 2.66. The molecule has 0 radical (unpaired) electrons. The van der Waals surface area contributed by atoms with E-state index in [0.717, 1.165) is 12.8 Å². The third kappa shape index (κ3) is 3.15. The third-order valence-electron chi connectivity index (χ3n) is 4.11. The van der Waals surface area contributed by atoms with Gasteiger partial charge in [-0.1, -0.05) is 41.5 Å². The zero-order valence-corrected chi connectivity index (χ0v) is 13.6. The molecule has 0 aromatic heterocycles. The molecule has 0 unspecified atom stereocenters. The Balaban J connectivity index is 2.73. The number of hydrogen-bond donors (Lipinski definition) is 0. The molecule has 0 aromatic rings. The number of esters is 2. The monoisotopic (exact) mass is 284 g/mol. The summed E-state index contributed by atoms with van der Waals surface area (Å²) < 4.78 is 11.2. The van der Waals surface area contributed by atoms with E-state index in [-0.39, 0.29) is 35.0 Å². The van der Waals surface area contributed by atoms with Crippen LogP contribution in [0.4, 0.5) is 0 Å². The Hall–Kier alpha value is -1.06. The van der Waals surface area contributed by atoms with Crippen LogP contribution < -0.4 is 0 Å². The number of hydrogen-bond acceptors (Lipinski definition) is 4. The summed E-state index contributed by atoms with van der Waals surface area (Å²) in [5.74, 6) is -0.339. The second kappa shape index (κ2) is 6.15. The third-order valence-corrected chi connectivity index (χ3v) is 4.11. The maximum absolute atomic E-state index is 11.7. The molecule has 1 saturated carbocycles. The van der Waals surface area contributed by atoms with Gasteiger partial charge in [0, 0.05) is 23.7 Å². The van der Waals surface area contributed by atoms with Crippen molar-refractivity contribution in [3.8, 4) is 0 Å². The van der Waals surface area contributed by atoms with Gasteiger partial charge in [0.25, 0.3) is 0 Å². The highest BCUT2D eigenvalue weighted by atomic mass is 16.6. The number of ether oxygens (including phenoxy) is 2. The Labute approximate surface area is 122 Å². The van der Waals surface area contributed by atoms with Crippen LogP contribution in [0.2, 0.25) is 0 Å². The van der Waals surface area contributed by atoms with Gasteiger partial charge in [0.2, 0.25) is 0 Å². The molecule has 1 rings (SSSR count). The first-order valence-corrected chi connectivity index (χ1v) is 7.56. The summed E-state index contributed by atoms with van der Waals surface area (Å²) in [7, 11) is 0. The van der Waals surface area contributed by atoms with Crippen molar-refractivity contribution in [2.45, 2.75) is 79.4 Å². The summed E-state index contributed by atoms with van der Waals surface area (Å²) in [5.41, 5.74) is -0.674. The fourth-order valence-corrected chi connectivity index (χ4v) is 3.49. The van der Waals surface area contributed by atoms with Gasteiger partial charge in [0.1, 0.15) is 12.2 Å². The molecule has 1 aliphatic carbocycles. The van der Waals surface area contributed by atoms with Crippen LogP contribution in [0.25, 0.3) is 0 Å². The SMILES string of the molecule is CCCC(=O)OC1C(C)(C)C(OC(=O)CCC)C1(C)C. The Kier molecular flexibility index (Phi) is 5.22. The molecule has 0 amide bonds. The van der Waals surface area contributed by atoms with E-state index in [4.69, 9.17) is 9.47 Å². The Morgan fingerprint density at radius 3 is 1.35 bits per heavy atom. The highest BCUT2D eigenvalue weighted by Crippen LogP contribution is 2.57. The molecule has 0 aliphatic heterocycles. The summed E-state index contributed by atoms with van der Waals surface area (Å²) >= 11 is 0. The quantitative estimate of drug-likeness (QED) is 0.701. The van der Waals surface area contributed by atoms with Gasteiger partial charge in [0.15, 0.2) is 0 Å². The van der Waals surface area contributed by atoms with Crippen LogP contribution in [0.3, 0.4) is 0 Å². The number of rotatable bonds is 6. The summed E-state index contributed by atoms with van der Waals surface area (Å²) in [5, 5.41) is 0. The normalized spacial score (nSPS) is 26.5. The average molecular weight is 284 g/mol. The van der Waals surface area contributed by atoms with E-state index in [1.54, 1.807) is 0 Å². The summed E-state index contributed by atoms with van der Waals surface area (Å²) in [6, 6.07) is 0. The first-order valence-electron chi connectivity index (χ1n) is 7.56. The standard InChI is InChI=1S/C16H28O4/c1-7-9-11(17)19-13-15(3,4)14(16(13,5)6)20-12(18)10-8-2/h13-14H,7-10H2,1-6H3. The van der Waals surface area contributed by atoms with E-state index >= 15 is 0 Å². The summed E-state index contributed by atoms with van der Waals surface area (Å²) in [6.45, 7) is 11.9. The number of carbonyl (C=O) groups excluding carboxylic acids is 2. The molecular formula is C16H28O4. The van der Waals surface area contributed by atoms with Crippen LogP contribution in [0, 0.1) is 10.8 Å². The Morgan fingerprint density at radius 1 is 0.800 bits per heavy atom. The Morgan fingerprint density at radius 2 is 1.10 bits per heavy atom. The molecule has 4 heteroatoms. The van der Waals surface area contributed by atoms with E-state index < -0.39 is 0 Å². The first-order chi connectivity index (χ1) is 9.17. The molecule has 0 spiro atoms. The average Bonchev–Trinajstić information content (AvgIpc) is 2.33. The van der Waals surface area contributed by atoms with E-state index in [1.807, 2.05) is 41.5 Å². The lowest BCUT2D eigenvalue weighted by molar-refractivity contribution is -0.268. The van der Waals surface area contributed by atoms with E-state index in [2.05, 4.69) is 0 Å². The molecule has 0 heterocycles. The zero-order valence-electron chi connectivity index (χ0n) is 13.6. The minimum Gasteiger partial charge on any atom is -0.461 e. The van der Waals surface area contributed by atoms with Crippen molar-refractivity contribution in [3.63, 3.8) is 0 Å². The van der Waals surface area contributed by atoms with Gasteiger partial charge >= 0.3 is 11.9 Å². The molecule has 0 aromatic carbocycles. The predicted molar refractivity (Wildman–Crippen MR) is 77.1 cm³/mol. The molecule has 20 heavy (non-hydrogen) atoms. The van der Waals surface area contributed by atoms with Crippen LogP contribution in [-0.4, -0.2) is 24.1 Å². The van der Waals surface area contributed by atoms with Gasteiger partial charge in [-0.3, -0.25) is 9.59 Å². The molecule has 0 saturated heterocycles. The minimum absolute atomic E-state index is 0.169. The second-order valence-electron chi connectivity index (χ2n) is 6.88. The topological polar surface area (TPSA) is 52.6 Å². The molecule has 116 valence electrons. The lowest BCUT2D eigenvalue weighted by Crippen LogP contribution is -2.69. The maximum Gasteiger partial charge on any atom is 0.306 e. The molecular weight excluding hydrogens is 256 g/mol. The van der Waals surface area contributed by atoms with Crippen LogP contribution in [0.5, 0.6) is 0 Å². The largest absolute Gasteiger partial charge is 0.461 e. The van der Waals surface area contributed by atoms with Gasteiger partial charge in [-0.2, -0.15) is 0 Å². The Bertz CT molecular complexity index is 323. The molecule has 1 aliphatic rings. The summed E-state index contributed by atoms with van der Waals surface area (Å²) in [6.07, 6.45) is 2.00. The number of carbonyl (C=O) groups is 2. The molecule has 0 N–H and O–H groups in total. The van der Waals surface area contributed by atoms with Crippen molar-refractivity contribution in [2.75, 3.05) is 0 Å². The maximum atomic E-state index is 11.7. The van der Waals surface area contributed by atoms with Gasteiger partial charge < -0.3 is 9.47 Å². The highest BCUT2D eigenvalue weighted by molar-refractivity contribution is 5.71. The van der Waals surface area contributed by atoms with Crippen LogP contribution in [-0.2, 0) is 19.1 Å². The summed E-state index contributed by atoms with van der Waals surface area (Å²) in [4.78, 5) is 23.4. The van der Waals surface area contributed by atoms with Crippen LogP contribution in [0.15, 0.2) is 0 Å². The first kappa shape index (κ1) is 17.0. The van der Waals surface area contributed by atoms with Gasteiger partial charge in [-0.05, 0) is 12.8 Å². The lowest BCUT2D eigenvalue weighted by Gasteiger charge is -2.61. The smallest absolute Gasteiger partial charge is 0.306 e. The minimum atomic E-state index is -0.337. The van der Waals surface area contributed by atoms with Gasteiger partial charge in [0.05, 0.1) is 0 Å². The molecule has 4 nitrogen and oxygen atoms in total. The molecule has 0 atom stereocenters. The van der Waals surface area contributed by atoms with Crippen molar-refractivity contribution in [3.05, 3.63) is 0 Å². The van der Waals surface area contributed by atoms with Crippen molar-refractivity contribution in [1.82, 2.24) is 0 Å². The van der Waals surface area contributed by atoms with E-state index in [9.17, 15) is 9.59 Å². The lowest BCUT2D eigenvalue weighted by atomic mass is 9.51. The van der Waals surface area contributed by atoms with Gasteiger partial charge in [-0.15, -0.1) is 0 Å². The van der Waals surface area contributed by atoms with Crippen molar-refractivity contribution < 1.29 is 19.1 Å². The van der Waals surface area contributed by atoms with Crippen molar-refractivity contribution >= 4 is 11.9 Å².